The lowest BCUT2D eigenvalue weighted by Gasteiger charge is -2.23. The van der Waals surface area contributed by atoms with Crippen molar-refractivity contribution in [3.63, 3.8) is 0 Å². The maximum absolute atomic E-state index is 5.46. The van der Waals surface area contributed by atoms with Gasteiger partial charge in [0.2, 0.25) is 0 Å². The van der Waals surface area contributed by atoms with Crippen LogP contribution in [0.2, 0.25) is 0 Å². The van der Waals surface area contributed by atoms with Crippen molar-refractivity contribution in [1.29, 1.82) is 0 Å². The molecule has 0 radical (unpaired) electrons. The monoisotopic (exact) mass is 362 g/mol. The molecule has 0 unspecified atom stereocenters. The number of aryl methyl sites for hydroxylation is 2. The maximum Gasteiger partial charge on any atom is 0.142 e. The first-order chi connectivity index (χ1) is 13.1. The number of rotatable bonds is 7. The molecule has 0 saturated heterocycles. The van der Waals surface area contributed by atoms with Crippen molar-refractivity contribution in [2.75, 3.05) is 23.9 Å². The lowest BCUT2D eigenvalue weighted by atomic mass is 10.2. The van der Waals surface area contributed by atoms with E-state index in [1.54, 1.807) is 7.11 Å². The molecule has 0 aliphatic heterocycles. The number of benzene rings is 2. The SMILES string of the molecule is CCN(Cc1ccccc1)c1cc(Nc2cc(C)ccc2OC)nc(C)n1. The zero-order valence-electron chi connectivity index (χ0n) is 16.4. The highest BCUT2D eigenvalue weighted by molar-refractivity contribution is 5.66. The first kappa shape index (κ1) is 18.7. The molecule has 5 nitrogen and oxygen atoms in total. The third kappa shape index (κ3) is 4.76. The summed E-state index contributed by atoms with van der Waals surface area (Å²) >= 11 is 0. The zero-order valence-corrected chi connectivity index (χ0v) is 16.4. The number of nitrogens with zero attached hydrogens (tertiary/aromatic N) is 3. The van der Waals surface area contributed by atoms with Gasteiger partial charge in [0.1, 0.15) is 23.2 Å². The Balaban J connectivity index is 1.88. The highest BCUT2D eigenvalue weighted by atomic mass is 16.5. The van der Waals surface area contributed by atoms with E-state index in [1.165, 1.54) is 5.56 Å². The highest BCUT2D eigenvalue weighted by Gasteiger charge is 2.11. The third-order valence-electron chi connectivity index (χ3n) is 4.36. The van der Waals surface area contributed by atoms with Crippen LogP contribution >= 0.6 is 0 Å². The van der Waals surface area contributed by atoms with Gasteiger partial charge in [0.25, 0.3) is 0 Å². The summed E-state index contributed by atoms with van der Waals surface area (Å²) in [6.45, 7) is 7.77. The summed E-state index contributed by atoms with van der Waals surface area (Å²) in [4.78, 5) is 11.4. The highest BCUT2D eigenvalue weighted by Crippen LogP contribution is 2.29. The quantitative estimate of drug-likeness (QED) is 0.650. The van der Waals surface area contributed by atoms with Gasteiger partial charge in [-0.15, -0.1) is 0 Å². The Morgan fingerprint density at radius 2 is 1.78 bits per heavy atom. The van der Waals surface area contributed by atoms with E-state index < -0.39 is 0 Å². The Morgan fingerprint density at radius 1 is 1.00 bits per heavy atom. The second-order valence-electron chi connectivity index (χ2n) is 6.49. The number of hydrogen-bond donors (Lipinski definition) is 1. The molecular formula is C22H26N4O. The molecule has 27 heavy (non-hydrogen) atoms. The molecule has 0 amide bonds. The van der Waals surface area contributed by atoms with Crippen molar-refractivity contribution in [1.82, 2.24) is 9.97 Å². The molecule has 5 heteroatoms. The number of hydrogen-bond acceptors (Lipinski definition) is 5. The molecule has 1 N–H and O–H groups in total. The average molecular weight is 362 g/mol. The van der Waals surface area contributed by atoms with Gasteiger partial charge < -0.3 is 15.0 Å². The molecule has 1 aromatic heterocycles. The predicted octanol–water partition coefficient (Wildman–Crippen LogP) is 4.87. The smallest absolute Gasteiger partial charge is 0.142 e. The van der Waals surface area contributed by atoms with Crippen molar-refractivity contribution >= 4 is 17.3 Å². The van der Waals surface area contributed by atoms with Gasteiger partial charge in [-0.25, -0.2) is 9.97 Å². The van der Waals surface area contributed by atoms with Gasteiger partial charge in [0.15, 0.2) is 0 Å². The molecule has 140 valence electrons. The van der Waals surface area contributed by atoms with Crippen LogP contribution in [-0.2, 0) is 6.54 Å². The molecule has 1 heterocycles. The van der Waals surface area contributed by atoms with Gasteiger partial charge in [0.05, 0.1) is 12.8 Å². The van der Waals surface area contributed by atoms with Crippen LogP contribution in [0.1, 0.15) is 23.9 Å². The Morgan fingerprint density at radius 3 is 2.48 bits per heavy atom. The minimum Gasteiger partial charge on any atom is -0.495 e. The van der Waals surface area contributed by atoms with Crippen LogP contribution < -0.4 is 15.0 Å². The average Bonchev–Trinajstić information content (AvgIpc) is 2.66. The number of nitrogens with one attached hydrogen (secondary N) is 1. The molecule has 0 atom stereocenters. The van der Waals surface area contributed by atoms with Crippen molar-refractivity contribution in [2.24, 2.45) is 0 Å². The first-order valence-corrected chi connectivity index (χ1v) is 9.15. The molecule has 0 spiro atoms. The third-order valence-corrected chi connectivity index (χ3v) is 4.36. The lowest BCUT2D eigenvalue weighted by Crippen LogP contribution is -2.23. The van der Waals surface area contributed by atoms with Crippen molar-refractivity contribution in [2.45, 2.75) is 27.3 Å². The zero-order chi connectivity index (χ0) is 19.2. The summed E-state index contributed by atoms with van der Waals surface area (Å²) < 4.78 is 5.46. The standard InChI is InChI=1S/C22H26N4O/c1-5-26(15-18-9-7-6-8-10-18)22-14-21(23-17(3)24-22)25-19-13-16(2)11-12-20(19)27-4/h6-14H,5,15H2,1-4H3,(H,23,24,25). The predicted molar refractivity (Wildman–Crippen MR) is 111 cm³/mol. The second kappa shape index (κ2) is 8.54. The summed E-state index contributed by atoms with van der Waals surface area (Å²) in [5.41, 5.74) is 3.31. The molecule has 0 aliphatic rings. The molecule has 0 bridgehead atoms. The topological polar surface area (TPSA) is 50.3 Å². The summed E-state index contributed by atoms with van der Waals surface area (Å²) in [5, 5.41) is 3.39. The van der Waals surface area contributed by atoms with Crippen molar-refractivity contribution < 1.29 is 4.74 Å². The van der Waals surface area contributed by atoms with E-state index in [0.29, 0.717) is 0 Å². The lowest BCUT2D eigenvalue weighted by molar-refractivity contribution is 0.416. The van der Waals surface area contributed by atoms with Gasteiger partial charge >= 0.3 is 0 Å². The van der Waals surface area contributed by atoms with E-state index in [9.17, 15) is 0 Å². The van der Waals surface area contributed by atoms with E-state index in [2.05, 4.69) is 64.4 Å². The molecule has 0 saturated carbocycles. The molecule has 3 rings (SSSR count). The Kier molecular flexibility index (Phi) is 5.91. The van der Waals surface area contributed by atoms with E-state index in [0.717, 1.165) is 47.5 Å². The normalized spacial score (nSPS) is 10.5. The van der Waals surface area contributed by atoms with Crippen LogP contribution in [-0.4, -0.2) is 23.6 Å². The summed E-state index contributed by atoms with van der Waals surface area (Å²) in [7, 11) is 1.67. The fourth-order valence-corrected chi connectivity index (χ4v) is 2.99. The molecular weight excluding hydrogens is 336 g/mol. The summed E-state index contributed by atoms with van der Waals surface area (Å²) in [6.07, 6.45) is 0. The fraction of sp³-hybridized carbons (Fsp3) is 0.273. The van der Waals surface area contributed by atoms with Crippen molar-refractivity contribution in [3.8, 4) is 5.75 Å². The second-order valence-corrected chi connectivity index (χ2v) is 6.49. The van der Waals surface area contributed by atoms with Crippen LogP contribution in [0.3, 0.4) is 0 Å². The van der Waals surface area contributed by atoms with Crippen LogP contribution in [0, 0.1) is 13.8 Å². The molecule has 0 aliphatic carbocycles. The number of methoxy groups -OCH3 is 1. The van der Waals surface area contributed by atoms with Gasteiger partial charge in [-0.05, 0) is 44.0 Å². The van der Waals surface area contributed by atoms with E-state index in [4.69, 9.17) is 4.74 Å². The van der Waals surface area contributed by atoms with Gasteiger partial charge in [0, 0.05) is 19.2 Å². The minimum absolute atomic E-state index is 0.730. The molecule has 3 aromatic rings. The number of anilines is 3. The van der Waals surface area contributed by atoms with E-state index in [1.807, 2.05) is 31.2 Å². The van der Waals surface area contributed by atoms with E-state index in [-0.39, 0.29) is 0 Å². The van der Waals surface area contributed by atoms with Gasteiger partial charge in [-0.1, -0.05) is 36.4 Å². The number of aromatic nitrogens is 2. The van der Waals surface area contributed by atoms with E-state index >= 15 is 0 Å². The number of ether oxygens (including phenoxy) is 1. The molecule has 0 fully saturated rings. The minimum atomic E-state index is 0.730. The Labute approximate surface area is 161 Å². The van der Waals surface area contributed by atoms with Crippen LogP contribution in [0.4, 0.5) is 17.3 Å². The van der Waals surface area contributed by atoms with Crippen LogP contribution in [0.25, 0.3) is 0 Å². The largest absolute Gasteiger partial charge is 0.495 e. The Hall–Kier alpha value is -3.08. The molecule has 2 aromatic carbocycles. The maximum atomic E-state index is 5.46. The van der Waals surface area contributed by atoms with Crippen LogP contribution in [0.5, 0.6) is 5.75 Å². The van der Waals surface area contributed by atoms with Gasteiger partial charge in [-0.2, -0.15) is 0 Å². The van der Waals surface area contributed by atoms with Gasteiger partial charge in [-0.3, -0.25) is 0 Å². The Bertz CT molecular complexity index is 896. The summed E-state index contributed by atoms with van der Waals surface area (Å²) in [5.74, 6) is 3.18. The van der Waals surface area contributed by atoms with Crippen molar-refractivity contribution in [3.05, 3.63) is 71.5 Å². The fourth-order valence-electron chi connectivity index (χ4n) is 2.99. The van der Waals surface area contributed by atoms with Crippen LogP contribution in [0.15, 0.2) is 54.6 Å². The summed E-state index contributed by atoms with van der Waals surface area (Å²) in [6, 6.07) is 18.4. The first-order valence-electron chi connectivity index (χ1n) is 9.15.